The average molecular weight is 470 g/mol. The Balaban J connectivity index is 1.18. The van der Waals surface area contributed by atoms with Crippen molar-refractivity contribution in [2.75, 3.05) is 81.3 Å². The molecule has 4 heterocycles. The molecule has 182 valence electrons. The molecule has 11 heteroatoms. The summed E-state index contributed by atoms with van der Waals surface area (Å²) in [5.74, 6) is 3.14. The lowest BCUT2D eigenvalue weighted by Gasteiger charge is -2.37. The number of nitrogens with two attached hydrogens (primary N) is 1. The lowest BCUT2D eigenvalue weighted by atomic mass is 10.1. The molecule has 1 aromatic carbocycles. The Labute approximate surface area is 199 Å². The highest BCUT2D eigenvalue weighted by atomic mass is 16.7. The van der Waals surface area contributed by atoms with Crippen LogP contribution >= 0.6 is 0 Å². The number of fused-ring (bicyclic) bond motifs is 1. The molecular formula is C23H31N7O4. The van der Waals surface area contributed by atoms with E-state index in [4.69, 9.17) is 19.9 Å². The van der Waals surface area contributed by atoms with Crippen LogP contribution in [0, 0.1) is 0 Å². The second kappa shape index (κ2) is 9.80. The Morgan fingerprint density at radius 2 is 1.62 bits per heavy atom. The molecule has 0 saturated carbocycles. The molecule has 11 nitrogen and oxygen atoms in total. The number of nitrogens with zero attached hydrogens (tertiary/aromatic N) is 6. The highest BCUT2D eigenvalue weighted by Gasteiger charge is 2.27. The normalized spacial score (nSPS) is 18.3. The predicted molar refractivity (Wildman–Crippen MR) is 127 cm³/mol. The van der Waals surface area contributed by atoms with Crippen molar-refractivity contribution in [1.29, 1.82) is 0 Å². The fourth-order valence-electron chi connectivity index (χ4n) is 4.61. The van der Waals surface area contributed by atoms with Gasteiger partial charge in [-0.25, -0.2) is 14.8 Å². The van der Waals surface area contributed by atoms with Gasteiger partial charge in [0.25, 0.3) is 0 Å². The first-order chi connectivity index (χ1) is 16.6. The summed E-state index contributed by atoms with van der Waals surface area (Å²) in [7, 11) is 0. The van der Waals surface area contributed by atoms with Crippen molar-refractivity contribution in [2.24, 2.45) is 0 Å². The minimum absolute atomic E-state index is 0.267. The fourth-order valence-corrected chi connectivity index (χ4v) is 4.61. The van der Waals surface area contributed by atoms with Gasteiger partial charge in [-0.2, -0.15) is 0 Å². The van der Waals surface area contributed by atoms with Gasteiger partial charge in [-0.1, -0.05) is 6.07 Å². The van der Waals surface area contributed by atoms with Crippen molar-refractivity contribution in [3.8, 4) is 11.5 Å². The standard InChI is InChI=1S/C23H31N7O4/c1-2-32-23(31)30-11-9-29(10-12-30)22-20(24)21(25-15-26-22)28-7-5-27(6-8-28)14-17-3-4-18-19(13-17)34-16-33-18/h3-4,13,15H,2,5-12,14,16,24H2,1H3. The number of rotatable bonds is 5. The number of piperazine rings is 2. The quantitative estimate of drug-likeness (QED) is 0.690. The van der Waals surface area contributed by atoms with E-state index in [-0.39, 0.29) is 6.09 Å². The molecule has 0 spiro atoms. The molecule has 3 aliphatic rings. The van der Waals surface area contributed by atoms with Crippen LogP contribution in [-0.2, 0) is 11.3 Å². The third-order valence-corrected chi connectivity index (χ3v) is 6.46. The van der Waals surface area contributed by atoms with Crippen LogP contribution in [0.3, 0.4) is 0 Å². The third-order valence-electron chi connectivity index (χ3n) is 6.46. The molecule has 2 saturated heterocycles. The van der Waals surface area contributed by atoms with E-state index in [1.807, 2.05) is 13.0 Å². The Bertz CT molecular complexity index is 1020. The number of amides is 1. The summed E-state index contributed by atoms with van der Waals surface area (Å²) >= 11 is 0. The van der Waals surface area contributed by atoms with Crippen molar-refractivity contribution in [1.82, 2.24) is 19.8 Å². The number of ether oxygens (including phenoxy) is 3. The van der Waals surface area contributed by atoms with Gasteiger partial charge < -0.3 is 34.6 Å². The van der Waals surface area contributed by atoms with E-state index in [9.17, 15) is 4.79 Å². The summed E-state index contributed by atoms with van der Waals surface area (Å²) in [6.07, 6.45) is 1.31. The van der Waals surface area contributed by atoms with E-state index in [0.29, 0.717) is 45.3 Å². The molecule has 3 aliphatic heterocycles. The minimum Gasteiger partial charge on any atom is -0.454 e. The van der Waals surface area contributed by atoms with E-state index in [1.165, 1.54) is 5.56 Å². The van der Waals surface area contributed by atoms with Crippen molar-refractivity contribution in [3.05, 3.63) is 30.1 Å². The number of carbonyl (C=O) groups excluding carboxylic acids is 1. The van der Waals surface area contributed by atoms with Gasteiger partial charge in [0.2, 0.25) is 6.79 Å². The SMILES string of the molecule is CCOC(=O)N1CCN(c2ncnc(N3CCN(Cc4ccc5c(c4)OCO5)CC3)c2N)CC1. The summed E-state index contributed by atoms with van der Waals surface area (Å²) in [6, 6.07) is 6.13. The molecule has 0 unspecified atom stereocenters. The molecule has 2 N–H and O–H groups in total. The van der Waals surface area contributed by atoms with Crippen LogP contribution in [0.15, 0.2) is 24.5 Å². The van der Waals surface area contributed by atoms with Crippen LogP contribution in [-0.4, -0.2) is 91.6 Å². The number of nitrogen functional groups attached to an aromatic ring is 1. The summed E-state index contributed by atoms with van der Waals surface area (Å²) in [4.78, 5) is 29.4. The van der Waals surface area contributed by atoms with Crippen LogP contribution in [0.25, 0.3) is 0 Å². The highest BCUT2D eigenvalue weighted by Crippen LogP contribution is 2.33. The molecule has 0 bridgehead atoms. The van der Waals surface area contributed by atoms with Crippen LogP contribution in [0.5, 0.6) is 11.5 Å². The van der Waals surface area contributed by atoms with Gasteiger partial charge in [-0.15, -0.1) is 0 Å². The number of aromatic nitrogens is 2. The Morgan fingerprint density at radius 1 is 0.971 bits per heavy atom. The number of hydrogen-bond acceptors (Lipinski definition) is 10. The topological polar surface area (TPSA) is 110 Å². The average Bonchev–Trinajstić information content (AvgIpc) is 3.33. The van der Waals surface area contributed by atoms with Crippen LogP contribution in [0.1, 0.15) is 12.5 Å². The molecule has 0 radical (unpaired) electrons. The molecule has 0 aliphatic carbocycles. The molecule has 2 fully saturated rings. The summed E-state index contributed by atoms with van der Waals surface area (Å²) in [5.41, 5.74) is 8.35. The van der Waals surface area contributed by atoms with Crippen molar-refractivity contribution < 1.29 is 19.0 Å². The van der Waals surface area contributed by atoms with E-state index < -0.39 is 0 Å². The van der Waals surface area contributed by atoms with Crippen LogP contribution in [0.4, 0.5) is 22.1 Å². The molecule has 2 aromatic rings. The van der Waals surface area contributed by atoms with Gasteiger partial charge in [0, 0.05) is 58.9 Å². The second-order valence-corrected chi connectivity index (χ2v) is 8.56. The van der Waals surface area contributed by atoms with Gasteiger partial charge >= 0.3 is 6.09 Å². The number of benzene rings is 1. The van der Waals surface area contributed by atoms with Crippen molar-refractivity contribution in [3.63, 3.8) is 0 Å². The Kier molecular flexibility index (Phi) is 6.43. The van der Waals surface area contributed by atoms with Gasteiger partial charge in [0.15, 0.2) is 23.1 Å². The minimum atomic E-state index is -0.267. The zero-order valence-electron chi connectivity index (χ0n) is 19.5. The Hall–Kier alpha value is -3.47. The van der Waals surface area contributed by atoms with E-state index in [2.05, 4.69) is 36.8 Å². The maximum atomic E-state index is 12.0. The number of hydrogen-bond donors (Lipinski definition) is 1. The smallest absolute Gasteiger partial charge is 0.409 e. The lowest BCUT2D eigenvalue weighted by Crippen LogP contribution is -2.49. The van der Waals surface area contributed by atoms with Crippen molar-refractivity contribution >= 4 is 23.4 Å². The van der Waals surface area contributed by atoms with E-state index in [0.717, 1.165) is 55.9 Å². The van der Waals surface area contributed by atoms with E-state index in [1.54, 1.807) is 11.2 Å². The maximum absolute atomic E-state index is 12.0. The monoisotopic (exact) mass is 469 g/mol. The van der Waals surface area contributed by atoms with Crippen molar-refractivity contribution in [2.45, 2.75) is 13.5 Å². The third kappa shape index (κ3) is 4.60. The second-order valence-electron chi connectivity index (χ2n) is 8.56. The highest BCUT2D eigenvalue weighted by molar-refractivity contribution is 5.76. The molecule has 1 aromatic heterocycles. The van der Waals surface area contributed by atoms with E-state index >= 15 is 0 Å². The predicted octanol–water partition coefficient (Wildman–Crippen LogP) is 1.39. The van der Waals surface area contributed by atoms with Crippen LogP contribution in [0.2, 0.25) is 0 Å². The molecule has 34 heavy (non-hydrogen) atoms. The van der Waals surface area contributed by atoms with Crippen LogP contribution < -0.4 is 25.0 Å². The molecule has 0 atom stereocenters. The number of anilines is 3. The Morgan fingerprint density at radius 3 is 2.29 bits per heavy atom. The lowest BCUT2D eigenvalue weighted by molar-refractivity contribution is 0.105. The first kappa shape index (κ1) is 22.3. The maximum Gasteiger partial charge on any atom is 0.409 e. The fraction of sp³-hybridized carbons (Fsp3) is 0.522. The van der Waals surface area contributed by atoms with Gasteiger partial charge in [-0.05, 0) is 24.6 Å². The number of carbonyl (C=O) groups is 1. The van der Waals surface area contributed by atoms with Gasteiger partial charge in [0.1, 0.15) is 12.0 Å². The largest absolute Gasteiger partial charge is 0.454 e. The zero-order chi connectivity index (χ0) is 23.5. The van der Waals surface area contributed by atoms with Gasteiger partial charge in [0.05, 0.1) is 6.61 Å². The zero-order valence-corrected chi connectivity index (χ0v) is 19.5. The van der Waals surface area contributed by atoms with Gasteiger partial charge in [-0.3, -0.25) is 4.90 Å². The summed E-state index contributed by atoms with van der Waals surface area (Å²) in [5, 5.41) is 0. The molecule has 1 amide bonds. The molecular weight excluding hydrogens is 438 g/mol. The summed E-state index contributed by atoms with van der Waals surface area (Å²) < 4.78 is 16.0. The first-order valence-corrected chi connectivity index (χ1v) is 11.8. The molecule has 5 rings (SSSR count). The first-order valence-electron chi connectivity index (χ1n) is 11.8. The summed E-state index contributed by atoms with van der Waals surface area (Å²) in [6.45, 7) is 9.30.